The molecule has 0 fully saturated rings. The molecule has 3 heteroatoms. The molecule has 0 amide bonds. The lowest BCUT2D eigenvalue weighted by molar-refractivity contribution is 0.580. The molecule has 3 heterocycles. The molecule has 0 saturated heterocycles. The van der Waals surface area contributed by atoms with Gasteiger partial charge in [0, 0.05) is 14.6 Å². The molecule has 19 heavy (non-hydrogen) atoms. The average Bonchev–Trinajstić information content (AvgIpc) is 3.18. The first-order valence-corrected chi connectivity index (χ1v) is 9.14. The van der Waals surface area contributed by atoms with E-state index >= 15 is 0 Å². The van der Waals surface area contributed by atoms with Gasteiger partial charge in [0.2, 0.25) is 0 Å². The van der Waals surface area contributed by atoms with E-state index in [9.17, 15) is 0 Å². The van der Waals surface area contributed by atoms with Crippen LogP contribution in [0.4, 0.5) is 0 Å². The van der Waals surface area contributed by atoms with Crippen LogP contribution in [0.5, 0.6) is 0 Å². The zero-order valence-electron chi connectivity index (χ0n) is 10.8. The molecule has 0 radical (unpaired) electrons. The van der Waals surface area contributed by atoms with Crippen LogP contribution in [-0.2, 0) is 5.41 Å². The molecule has 0 aromatic carbocycles. The van der Waals surface area contributed by atoms with Gasteiger partial charge in [0.15, 0.2) is 0 Å². The van der Waals surface area contributed by atoms with E-state index in [2.05, 4.69) is 59.5 Å². The van der Waals surface area contributed by atoms with Crippen LogP contribution in [0.3, 0.4) is 0 Å². The van der Waals surface area contributed by atoms with Gasteiger partial charge in [-0.05, 0) is 40.8 Å². The van der Waals surface area contributed by atoms with Gasteiger partial charge in [0.1, 0.15) is 0 Å². The van der Waals surface area contributed by atoms with Crippen molar-refractivity contribution in [2.45, 2.75) is 25.2 Å². The highest BCUT2D eigenvalue weighted by Gasteiger charge is 2.38. The van der Waals surface area contributed by atoms with Crippen LogP contribution in [0, 0.1) is 0 Å². The normalized spacial score (nSPS) is 11.8. The molecule has 3 aromatic heterocycles. The summed E-state index contributed by atoms with van der Waals surface area (Å²) in [5, 5.41) is 6.59. The van der Waals surface area contributed by atoms with Crippen molar-refractivity contribution in [3.05, 3.63) is 67.2 Å². The van der Waals surface area contributed by atoms with E-state index < -0.39 is 0 Å². The Bertz CT molecular complexity index is 504. The lowest BCUT2D eigenvalue weighted by Gasteiger charge is -2.31. The van der Waals surface area contributed by atoms with E-state index in [1.54, 1.807) is 0 Å². The molecule has 0 nitrogen and oxygen atoms in total. The lowest BCUT2D eigenvalue weighted by Crippen LogP contribution is -2.25. The second-order valence-corrected chi connectivity index (χ2v) is 7.43. The summed E-state index contributed by atoms with van der Waals surface area (Å²) in [6.45, 7) is 2.28. The first-order valence-electron chi connectivity index (χ1n) is 6.50. The minimum Gasteiger partial charge on any atom is -0.148 e. The maximum Gasteiger partial charge on any atom is 0.0731 e. The van der Waals surface area contributed by atoms with E-state index in [4.69, 9.17) is 0 Å². The maximum atomic E-state index is 2.29. The van der Waals surface area contributed by atoms with Gasteiger partial charge in [-0.1, -0.05) is 31.5 Å². The van der Waals surface area contributed by atoms with Gasteiger partial charge in [-0.25, -0.2) is 0 Å². The van der Waals surface area contributed by atoms with Crippen LogP contribution >= 0.6 is 34.0 Å². The van der Waals surface area contributed by atoms with E-state index in [1.165, 1.54) is 27.5 Å². The van der Waals surface area contributed by atoms with Crippen molar-refractivity contribution in [2.24, 2.45) is 0 Å². The van der Waals surface area contributed by atoms with Crippen molar-refractivity contribution < 1.29 is 0 Å². The zero-order chi connectivity index (χ0) is 13.1. The summed E-state index contributed by atoms with van der Waals surface area (Å²) in [5.41, 5.74) is 0.0747. The predicted molar refractivity (Wildman–Crippen MR) is 87.7 cm³/mol. The summed E-state index contributed by atoms with van der Waals surface area (Å²) in [6.07, 6.45) is 2.36. The summed E-state index contributed by atoms with van der Waals surface area (Å²) < 4.78 is 0. The van der Waals surface area contributed by atoms with Gasteiger partial charge in [0.05, 0.1) is 5.41 Å². The van der Waals surface area contributed by atoms with E-state index in [1.807, 2.05) is 34.0 Å². The second-order valence-electron chi connectivity index (χ2n) is 4.59. The minimum atomic E-state index is 0.0747. The van der Waals surface area contributed by atoms with Gasteiger partial charge >= 0.3 is 0 Å². The highest BCUT2D eigenvalue weighted by atomic mass is 32.1. The summed E-state index contributed by atoms with van der Waals surface area (Å²) in [4.78, 5) is 4.41. The minimum absolute atomic E-state index is 0.0747. The molecule has 0 unspecified atom stereocenters. The van der Waals surface area contributed by atoms with Crippen LogP contribution in [0.2, 0.25) is 0 Å². The van der Waals surface area contributed by atoms with Gasteiger partial charge in [-0.2, -0.15) is 0 Å². The Morgan fingerprint density at radius 2 is 1.21 bits per heavy atom. The average molecular weight is 305 g/mol. The largest absolute Gasteiger partial charge is 0.148 e. The van der Waals surface area contributed by atoms with Gasteiger partial charge in [-0.3, -0.25) is 0 Å². The number of hydrogen-bond acceptors (Lipinski definition) is 3. The van der Waals surface area contributed by atoms with Crippen molar-refractivity contribution in [1.82, 2.24) is 0 Å². The van der Waals surface area contributed by atoms with Crippen LogP contribution in [0.25, 0.3) is 0 Å². The topological polar surface area (TPSA) is 0 Å². The molecule has 0 aliphatic heterocycles. The Morgan fingerprint density at radius 1 is 0.789 bits per heavy atom. The fourth-order valence-electron chi connectivity index (χ4n) is 2.67. The fraction of sp³-hybridized carbons (Fsp3) is 0.250. The summed E-state index contributed by atoms with van der Waals surface area (Å²) in [6, 6.07) is 13.4. The fourth-order valence-corrected chi connectivity index (χ4v) is 5.82. The molecule has 3 rings (SSSR count). The molecule has 0 spiro atoms. The van der Waals surface area contributed by atoms with Gasteiger partial charge in [-0.15, -0.1) is 34.0 Å². The highest BCUT2D eigenvalue weighted by Crippen LogP contribution is 2.48. The monoisotopic (exact) mass is 304 g/mol. The maximum absolute atomic E-state index is 2.29. The van der Waals surface area contributed by atoms with Crippen molar-refractivity contribution in [3.63, 3.8) is 0 Å². The SMILES string of the molecule is CCCC(c1cccs1)(c1cccs1)c1cccs1. The van der Waals surface area contributed by atoms with Crippen molar-refractivity contribution in [2.75, 3.05) is 0 Å². The molecule has 98 valence electrons. The summed E-state index contributed by atoms with van der Waals surface area (Å²) >= 11 is 5.64. The summed E-state index contributed by atoms with van der Waals surface area (Å²) in [5.74, 6) is 0. The van der Waals surface area contributed by atoms with Crippen molar-refractivity contribution in [1.29, 1.82) is 0 Å². The smallest absolute Gasteiger partial charge is 0.0731 e. The Kier molecular flexibility index (Phi) is 3.87. The Balaban J connectivity index is 2.24. The lowest BCUT2D eigenvalue weighted by atomic mass is 9.79. The third-order valence-electron chi connectivity index (χ3n) is 3.45. The molecule has 0 saturated carbocycles. The molecular formula is C16H16S3. The van der Waals surface area contributed by atoms with E-state index in [0.717, 1.165) is 0 Å². The standard InChI is InChI=1S/C16H16S3/c1-2-9-16(13-6-3-10-17-13,14-7-4-11-18-14)15-8-5-12-19-15/h3-8,10-12H,2,9H2,1H3. The quantitative estimate of drug-likeness (QED) is 0.542. The third-order valence-corrected chi connectivity index (χ3v) is 6.55. The molecular weight excluding hydrogens is 288 g/mol. The van der Waals surface area contributed by atoms with E-state index in [-0.39, 0.29) is 5.41 Å². The Hall–Kier alpha value is -0.900. The van der Waals surface area contributed by atoms with E-state index in [0.29, 0.717) is 0 Å². The highest BCUT2D eigenvalue weighted by molar-refractivity contribution is 7.13. The van der Waals surface area contributed by atoms with Crippen LogP contribution in [0.1, 0.15) is 34.4 Å². The Morgan fingerprint density at radius 3 is 1.47 bits per heavy atom. The van der Waals surface area contributed by atoms with Crippen molar-refractivity contribution >= 4 is 34.0 Å². The molecule has 0 bridgehead atoms. The zero-order valence-corrected chi connectivity index (χ0v) is 13.3. The molecule has 0 aliphatic carbocycles. The van der Waals surface area contributed by atoms with Crippen LogP contribution in [0.15, 0.2) is 52.5 Å². The van der Waals surface area contributed by atoms with Gasteiger partial charge in [0.25, 0.3) is 0 Å². The first kappa shape index (κ1) is 13.1. The number of thiophene rings is 3. The third kappa shape index (κ3) is 2.20. The molecule has 3 aromatic rings. The molecule has 0 aliphatic rings. The van der Waals surface area contributed by atoms with Crippen LogP contribution in [-0.4, -0.2) is 0 Å². The van der Waals surface area contributed by atoms with Crippen molar-refractivity contribution in [3.8, 4) is 0 Å². The first-order chi connectivity index (χ1) is 9.38. The molecule has 0 N–H and O–H groups in total. The predicted octanol–water partition coefficient (Wildman–Crippen LogP) is 6.01. The second kappa shape index (κ2) is 5.61. The van der Waals surface area contributed by atoms with Gasteiger partial charge < -0.3 is 0 Å². The number of rotatable bonds is 5. The molecule has 0 atom stereocenters. The summed E-state index contributed by atoms with van der Waals surface area (Å²) in [7, 11) is 0. The number of hydrogen-bond donors (Lipinski definition) is 0. The Labute approximate surface area is 126 Å². The van der Waals surface area contributed by atoms with Crippen LogP contribution < -0.4 is 0 Å².